The minimum Gasteiger partial charge on any atom is -0.478 e. The first-order valence-corrected chi connectivity index (χ1v) is 6.56. The molecule has 1 heterocycles. The molecule has 1 atom stereocenters. The molecule has 1 unspecified atom stereocenters. The molecule has 0 aliphatic heterocycles. The number of carboxylic acids is 1. The minimum atomic E-state index is -0.968. The molecular formula is C15H17N3O3. The van der Waals surface area contributed by atoms with Crippen LogP contribution in [0.25, 0.3) is 0 Å². The van der Waals surface area contributed by atoms with E-state index in [-0.39, 0.29) is 17.2 Å². The highest BCUT2D eigenvalue weighted by Gasteiger charge is 2.14. The molecule has 21 heavy (non-hydrogen) atoms. The maximum atomic E-state index is 12.0. The second-order valence-electron chi connectivity index (χ2n) is 4.90. The van der Waals surface area contributed by atoms with Crippen molar-refractivity contribution in [2.24, 2.45) is 0 Å². The monoisotopic (exact) mass is 287 g/mol. The number of benzene rings is 1. The SMILES string of the molecule is Cc1nc(C)c(C(C)Nc2ccc(C(=O)O)cc2)c(=O)[nH]1. The average molecular weight is 287 g/mol. The molecule has 0 radical (unpaired) electrons. The van der Waals surface area contributed by atoms with Gasteiger partial charge in [-0.2, -0.15) is 0 Å². The lowest BCUT2D eigenvalue weighted by Crippen LogP contribution is -2.23. The van der Waals surface area contributed by atoms with Gasteiger partial charge in [0, 0.05) is 5.69 Å². The van der Waals surface area contributed by atoms with Crippen molar-refractivity contribution in [1.82, 2.24) is 9.97 Å². The number of H-pyrrole nitrogens is 1. The third-order valence-electron chi connectivity index (χ3n) is 3.21. The third kappa shape index (κ3) is 3.28. The van der Waals surface area contributed by atoms with Gasteiger partial charge in [0.1, 0.15) is 5.82 Å². The quantitative estimate of drug-likeness (QED) is 0.801. The van der Waals surface area contributed by atoms with Gasteiger partial charge in [-0.25, -0.2) is 9.78 Å². The Morgan fingerprint density at radius 3 is 2.43 bits per heavy atom. The van der Waals surface area contributed by atoms with Crippen LogP contribution < -0.4 is 10.9 Å². The number of anilines is 1. The van der Waals surface area contributed by atoms with Crippen LogP contribution in [0.15, 0.2) is 29.1 Å². The van der Waals surface area contributed by atoms with Gasteiger partial charge in [0.05, 0.1) is 22.9 Å². The van der Waals surface area contributed by atoms with E-state index in [1.54, 1.807) is 26.0 Å². The Kier molecular flexibility index (Phi) is 4.07. The largest absolute Gasteiger partial charge is 0.478 e. The Morgan fingerprint density at radius 2 is 1.90 bits per heavy atom. The van der Waals surface area contributed by atoms with Gasteiger partial charge in [-0.05, 0) is 45.0 Å². The second-order valence-corrected chi connectivity index (χ2v) is 4.90. The highest BCUT2D eigenvalue weighted by atomic mass is 16.4. The Labute approximate surface area is 121 Å². The van der Waals surface area contributed by atoms with Crippen LogP contribution in [0.1, 0.15) is 40.4 Å². The lowest BCUT2D eigenvalue weighted by Gasteiger charge is -2.16. The maximum Gasteiger partial charge on any atom is 0.335 e. The van der Waals surface area contributed by atoms with Gasteiger partial charge in [-0.3, -0.25) is 4.79 Å². The molecule has 0 saturated heterocycles. The van der Waals surface area contributed by atoms with Crippen molar-refractivity contribution >= 4 is 11.7 Å². The molecule has 6 nitrogen and oxygen atoms in total. The van der Waals surface area contributed by atoms with Gasteiger partial charge in [-0.1, -0.05) is 0 Å². The molecule has 0 saturated carbocycles. The van der Waals surface area contributed by atoms with Crippen LogP contribution in [-0.2, 0) is 0 Å². The Balaban J connectivity index is 2.24. The Morgan fingerprint density at radius 1 is 1.29 bits per heavy atom. The molecule has 110 valence electrons. The summed E-state index contributed by atoms with van der Waals surface area (Å²) in [5, 5.41) is 12.0. The van der Waals surface area contributed by atoms with Crippen molar-refractivity contribution in [2.45, 2.75) is 26.8 Å². The number of rotatable bonds is 4. The van der Waals surface area contributed by atoms with Gasteiger partial charge in [0.15, 0.2) is 0 Å². The summed E-state index contributed by atoms with van der Waals surface area (Å²) in [5.41, 5.74) is 2.05. The van der Waals surface area contributed by atoms with Crippen LogP contribution in [0.3, 0.4) is 0 Å². The van der Waals surface area contributed by atoms with Crippen molar-refractivity contribution in [3.05, 3.63) is 57.3 Å². The molecule has 0 aliphatic rings. The van der Waals surface area contributed by atoms with E-state index in [4.69, 9.17) is 5.11 Å². The lowest BCUT2D eigenvalue weighted by atomic mass is 10.1. The number of aromatic nitrogens is 2. The van der Waals surface area contributed by atoms with E-state index in [1.165, 1.54) is 12.1 Å². The van der Waals surface area contributed by atoms with Crippen LogP contribution >= 0.6 is 0 Å². The Hall–Kier alpha value is -2.63. The molecule has 0 spiro atoms. The van der Waals surface area contributed by atoms with E-state index < -0.39 is 5.97 Å². The van der Waals surface area contributed by atoms with Gasteiger partial charge in [0.2, 0.25) is 0 Å². The summed E-state index contributed by atoms with van der Waals surface area (Å²) in [7, 11) is 0. The van der Waals surface area contributed by atoms with E-state index in [2.05, 4.69) is 15.3 Å². The zero-order valence-corrected chi connectivity index (χ0v) is 12.1. The molecule has 1 aromatic heterocycles. The predicted octanol–water partition coefficient (Wildman–Crippen LogP) is 2.26. The summed E-state index contributed by atoms with van der Waals surface area (Å²) in [6, 6.07) is 6.14. The molecule has 1 aromatic carbocycles. The number of nitrogens with zero attached hydrogens (tertiary/aromatic N) is 1. The number of carboxylic acid groups (broad SMARTS) is 1. The predicted molar refractivity (Wildman–Crippen MR) is 79.8 cm³/mol. The smallest absolute Gasteiger partial charge is 0.335 e. The number of carbonyl (C=O) groups is 1. The van der Waals surface area contributed by atoms with Crippen molar-refractivity contribution in [3.8, 4) is 0 Å². The highest BCUT2D eigenvalue weighted by molar-refractivity contribution is 5.88. The summed E-state index contributed by atoms with van der Waals surface area (Å²) in [5.74, 6) is -0.385. The van der Waals surface area contributed by atoms with Crippen LogP contribution in [0.2, 0.25) is 0 Å². The van der Waals surface area contributed by atoms with Gasteiger partial charge < -0.3 is 15.4 Å². The fourth-order valence-electron chi connectivity index (χ4n) is 2.28. The average Bonchev–Trinajstić information content (AvgIpc) is 2.37. The summed E-state index contributed by atoms with van der Waals surface area (Å²) in [4.78, 5) is 29.8. The molecule has 0 amide bonds. The molecule has 2 rings (SSSR count). The maximum absolute atomic E-state index is 12.0. The standard InChI is InChI=1S/C15H17N3O3/c1-8-13(14(19)18-10(3)16-8)9(2)17-12-6-4-11(5-7-12)15(20)21/h4-7,9,17H,1-3H3,(H,20,21)(H,16,18,19). The van der Waals surface area contributed by atoms with Crippen molar-refractivity contribution in [1.29, 1.82) is 0 Å². The van der Waals surface area contributed by atoms with Crippen molar-refractivity contribution in [2.75, 3.05) is 5.32 Å². The molecule has 0 fully saturated rings. The highest BCUT2D eigenvalue weighted by Crippen LogP contribution is 2.19. The van der Waals surface area contributed by atoms with E-state index in [1.807, 2.05) is 6.92 Å². The molecule has 0 aliphatic carbocycles. The first-order chi connectivity index (χ1) is 9.88. The van der Waals surface area contributed by atoms with Gasteiger partial charge in [0.25, 0.3) is 5.56 Å². The summed E-state index contributed by atoms with van der Waals surface area (Å²) in [6.07, 6.45) is 0. The Bertz CT molecular complexity index is 720. The first-order valence-electron chi connectivity index (χ1n) is 6.56. The topological polar surface area (TPSA) is 95.1 Å². The van der Waals surface area contributed by atoms with Crippen LogP contribution in [0.4, 0.5) is 5.69 Å². The van der Waals surface area contributed by atoms with E-state index >= 15 is 0 Å². The van der Waals surface area contributed by atoms with Crippen molar-refractivity contribution in [3.63, 3.8) is 0 Å². The van der Waals surface area contributed by atoms with Crippen LogP contribution in [-0.4, -0.2) is 21.0 Å². The zero-order valence-electron chi connectivity index (χ0n) is 12.1. The number of nitrogens with one attached hydrogen (secondary N) is 2. The number of aromatic carboxylic acids is 1. The minimum absolute atomic E-state index is 0.165. The zero-order chi connectivity index (χ0) is 15.6. The molecule has 0 bridgehead atoms. The number of hydrogen-bond donors (Lipinski definition) is 3. The summed E-state index contributed by atoms with van der Waals surface area (Å²) < 4.78 is 0. The van der Waals surface area contributed by atoms with Gasteiger partial charge >= 0.3 is 5.97 Å². The lowest BCUT2D eigenvalue weighted by molar-refractivity contribution is 0.0697. The fraction of sp³-hybridized carbons (Fsp3) is 0.267. The van der Waals surface area contributed by atoms with Gasteiger partial charge in [-0.15, -0.1) is 0 Å². The van der Waals surface area contributed by atoms with E-state index in [0.717, 1.165) is 5.69 Å². The number of aryl methyl sites for hydroxylation is 2. The number of hydrogen-bond acceptors (Lipinski definition) is 4. The van der Waals surface area contributed by atoms with Crippen LogP contribution in [0.5, 0.6) is 0 Å². The van der Waals surface area contributed by atoms with E-state index in [0.29, 0.717) is 17.1 Å². The van der Waals surface area contributed by atoms with Crippen molar-refractivity contribution < 1.29 is 9.90 Å². The summed E-state index contributed by atoms with van der Waals surface area (Å²) in [6.45, 7) is 5.39. The molecule has 3 N–H and O–H groups in total. The number of aromatic amines is 1. The molecule has 2 aromatic rings. The first kappa shape index (κ1) is 14.8. The normalized spacial score (nSPS) is 12.0. The molecule has 6 heteroatoms. The fourth-order valence-corrected chi connectivity index (χ4v) is 2.28. The molecular weight excluding hydrogens is 270 g/mol. The third-order valence-corrected chi connectivity index (χ3v) is 3.21. The van der Waals surface area contributed by atoms with E-state index in [9.17, 15) is 9.59 Å². The van der Waals surface area contributed by atoms with Crippen LogP contribution in [0, 0.1) is 13.8 Å². The second kappa shape index (κ2) is 5.78. The summed E-state index contributed by atoms with van der Waals surface area (Å²) >= 11 is 0.